The first-order valence-corrected chi connectivity index (χ1v) is 7.89. The van der Waals surface area contributed by atoms with Crippen LogP contribution in [0.4, 0.5) is 0 Å². The molecule has 0 atom stereocenters. The number of rotatable bonds is 9. The summed E-state index contributed by atoms with van der Waals surface area (Å²) in [5, 5.41) is 0. The van der Waals surface area contributed by atoms with Gasteiger partial charge in [-0.05, 0) is 23.5 Å². The standard InChI is InChI=1S/C20H28O/c1-4-5-7-11-19(16-18(2)3)14-10-15-21-17-20-12-8-6-9-13-20/h6-14,16,18H,4-5,15,17H2,1-3H3/b11-7-,14-10-,19-16-. The van der Waals surface area contributed by atoms with Crippen LogP contribution < -0.4 is 0 Å². The third-order valence-corrected chi connectivity index (χ3v) is 2.93. The van der Waals surface area contributed by atoms with Gasteiger partial charge < -0.3 is 4.74 Å². The summed E-state index contributed by atoms with van der Waals surface area (Å²) in [4.78, 5) is 0. The molecule has 114 valence electrons. The van der Waals surface area contributed by atoms with E-state index in [1.54, 1.807) is 0 Å². The molecule has 1 nitrogen and oxygen atoms in total. The first kappa shape index (κ1) is 17.5. The molecular weight excluding hydrogens is 256 g/mol. The van der Waals surface area contributed by atoms with Gasteiger partial charge in [0.1, 0.15) is 0 Å². The van der Waals surface area contributed by atoms with Crippen molar-refractivity contribution < 1.29 is 4.74 Å². The second kappa shape index (κ2) is 11.1. The number of hydrogen-bond acceptors (Lipinski definition) is 1. The fourth-order valence-corrected chi connectivity index (χ4v) is 1.94. The van der Waals surface area contributed by atoms with Crippen molar-refractivity contribution in [2.24, 2.45) is 5.92 Å². The number of allylic oxidation sites excluding steroid dienone is 5. The molecule has 0 heterocycles. The minimum Gasteiger partial charge on any atom is -0.373 e. The smallest absolute Gasteiger partial charge is 0.0721 e. The molecule has 1 aromatic rings. The molecule has 0 fully saturated rings. The molecule has 0 aromatic heterocycles. The number of hydrogen-bond donors (Lipinski definition) is 0. The van der Waals surface area contributed by atoms with Gasteiger partial charge >= 0.3 is 0 Å². The van der Waals surface area contributed by atoms with Gasteiger partial charge in [0.2, 0.25) is 0 Å². The molecule has 0 bridgehead atoms. The Morgan fingerprint density at radius 2 is 1.81 bits per heavy atom. The highest BCUT2D eigenvalue weighted by molar-refractivity contribution is 5.31. The minimum atomic E-state index is 0.557. The van der Waals surface area contributed by atoms with Crippen molar-refractivity contribution in [1.82, 2.24) is 0 Å². The van der Waals surface area contributed by atoms with Crippen LogP contribution in [0.25, 0.3) is 0 Å². The molecule has 0 amide bonds. The summed E-state index contributed by atoms with van der Waals surface area (Å²) in [6.07, 6.45) is 13.3. The van der Waals surface area contributed by atoms with Crippen molar-refractivity contribution in [1.29, 1.82) is 0 Å². The normalized spacial score (nSPS) is 12.9. The van der Waals surface area contributed by atoms with Gasteiger partial charge in [-0.2, -0.15) is 0 Å². The molecule has 0 unspecified atom stereocenters. The fourth-order valence-electron chi connectivity index (χ4n) is 1.94. The third-order valence-electron chi connectivity index (χ3n) is 2.93. The Hall–Kier alpha value is -1.60. The lowest BCUT2D eigenvalue weighted by Crippen LogP contribution is -1.92. The monoisotopic (exact) mass is 284 g/mol. The predicted molar refractivity (Wildman–Crippen MR) is 92.2 cm³/mol. The average molecular weight is 284 g/mol. The fraction of sp³-hybridized carbons (Fsp3) is 0.400. The van der Waals surface area contributed by atoms with Crippen molar-refractivity contribution in [2.75, 3.05) is 6.61 Å². The zero-order chi connectivity index (χ0) is 15.3. The van der Waals surface area contributed by atoms with Crippen molar-refractivity contribution in [2.45, 2.75) is 40.2 Å². The van der Waals surface area contributed by atoms with Crippen LogP contribution in [0.3, 0.4) is 0 Å². The van der Waals surface area contributed by atoms with E-state index in [1.165, 1.54) is 17.6 Å². The van der Waals surface area contributed by atoms with E-state index in [0.29, 0.717) is 19.1 Å². The maximum atomic E-state index is 5.66. The first-order valence-electron chi connectivity index (χ1n) is 7.89. The van der Waals surface area contributed by atoms with Gasteiger partial charge in [-0.25, -0.2) is 0 Å². The van der Waals surface area contributed by atoms with Gasteiger partial charge in [0.25, 0.3) is 0 Å². The zero-order valence-electron chi connectivity index (χ0n) is 13.6. The molecule has 1 aromatic carbocycles. The first-order chi connectivity index (χ1) is 10.2. The molecule has 1 rings (SSSR count). The van der Waals surface area contributed by atoms with Crippen molar-refractivity contribution in [3.8, 4) is 0 Å². The van der Waals surface area contributed by atoms with Gasteiger partial charge in [0, 0.05) is 0 Å². The lowest BCUT2D eigenvalue weighted by atomic mass is 10.1. The summed E-state index contributed by atoms with van der Waals surface area (Å²) in [5.41, 5.74) is 2.48. The summed E-state index contributed by atoms with van der Waals surface area (Å²) < 4.78 is 5.66. The van der Waals surface area contributed by atoms with E-state index in [0.717, 1.165) is 6.42 Å². The van der Waals surface area contributed by atoms with E-state index in [-0.39, 0.29) is 0 Å². The summed E-state index contributed by atoms with van der Waals surface area (Å²) in [6.45, 7) is 7.91. The molecule has 0 spiro atoms. The summed E-state index contributed by atoms with van der Waals surface area (Å²) in [6, 6.07) is 10.3. The highest BCUT2D eigenvalue weighted by Crippen LogP contribution is 2.07. The van der Waals surface area contributed by atoms with Crippen LogP contribution in [0.15, 0.2) is 66.3 Å². The highest BCUT2D eigenvalue weighted by atomic mass is 16.5. The Bertz CT molecular complexity index is 452. The van der Waals surface area contributed by atoms with E-state index in [9.17, 15) is 0 Å². The van der Waals surface area contributed by atoms with Crippen molar-refractivity contribution >= 4 is 0 Å². The van der Waals surface area contributed by atoms with E-state index < -0.39 is 0 Å². The molecule has 21 heavy (non-hydrogen) atoms. The largest absolute Gasteiger partial charge is 0.373 e. The van der Waals surface area contributed by atoms with Gasteiger partial charge in [-0.1, -0.05) is 87.9 Å². The van der Waals surface area contributed by atoms with E-state index >= 15 is 0 Å². The maximum Gasteiger partial charge on any atom is 0.0721 e. The third kappa shape index (κ3) is 9.04. The van der Waals surface area contributed by atoms with Crippen LogP contribution in [0.5, 0.6) is 0 Å². The van der Waals surface area contributed by atoms with Crippen LogP contribution >= 0.6 is 0 Å². The SMILES string of the molecule is CCC\C=C/C(/C=C\COCc1ccccc1)=C/C(C)C. The Kier molecular flexibility index (Phi) is 9.23. The van der Waals surface area contributed by atoms with Gasteiger partial charge in [0.15, 0.2) is 0 Å². The van der Waals surface area contributed by atoms with E-state index in [4.69, 9.17) is 4.74 Å². The predicted octanol–water partition coefficient (Wildman–Crippen LogP) is 5.70. The second-order valence-electron chi connectivity index (χ2n) is 5.50. The second-order valence-corrected chi connectivity index (χ2v) is 5.50. The molecule has 0 aliphatic heterocycles. The topological polar surface area (TPSA) is 9.23 Å². The number of unbranched alkanes of at least 4 members (excludes halogenated alkanes) is 1. The molecule has 0 saturated carbocycles. The van der Waals surface area contributed by atoms with Crippen LogP contribution in [0.2, 0.25) is 0 Å². The molecule has 1 heteroatoms. The van der Waals surface area contributed by atoms with Crippen LogP contribution in [0, 0.1) is 5.92 Å². The van der Waals surface area contributed by atoms with E-state index in [1.807, 2.05) is 18.2 Å². The van der Waals surface area contributed by atoms with Gasteiger partial charge in [-0.3, -0.25) is 0 Å². The molecular formula is C20H28O. The Morgan fingerprint density at radius 1 is 1.10 bits per heavy atom. The van der Waals surface area contributed by atoms with Crippen molar-refractivity contribution in [3.63, 3.8) is 0 Å². The Labute approximate surface area is 130 Å². The lowest BCUT2D eigenvalue weighted by Gasteiger charge is -2.02. The molecule has 0 saturated heterocycles. The molecule has 0 aliphatic rings. The minimum absolute atomic E-state index is 0.557. The lowest BCUT2D eigenvalue weighted by molar-refractivity contribution is 0.148. The van der Waals surface area contributed by atoms with Crippen LogP contribution in [0.1, 0.15) is 39.2 Å². The van der Waals surface area contributed by atoms with Crippen LogP contribution in [-0.2, 0) is 11.3 Å². The zero-order valence-corrected chi connectivity index (χ0v) is 13.6. The number of benzene rings is 1. The average Bonchev–Trinajstić information content (AvgIpc) is 2.47. The molecule has 0 N–H and O–H groups in total. The summed E-state index contributed by atoms with van der Waals surface area (Å²) >= 11 is 0. The van der Waals surface area contributed by atoms with Crippen LogP contribution in [-0.4, -0.2) is 6.61 Å². The molecule has 0 aliphatic carbocycles. The quantitative estimate of drug-likeness (QED) is 0.417. The maximum absolute atomic E-state index is 5.66. The van der Waals surface area contributed by atoms with Gasteiger partial charge in [-0.15, -0.1) is 0 Å². The number of ether oxygens (including phenoxy) is 1. The summed E-state index contributed by atoms with van der Waals surface area (Å²) in [5.74, 6) is 0.557. The molecule has 0 radical (unpaired) electrons. The highest BCUT2D eigenvalue weighted by Gasteiger charge is 1.92. The summed E-state index contributed by atoms with van der Waals surface area (Å²) in [7, 11) is 0. The van der Waals surface area contributed by atoms with Crippen molar-refractivity contribution in [3.05, 3.63) is 71.8 Å². The Morgan fingerprint density at radius 3 is 2.48 bits per heavy atom. The van der Waals surface area contributed by atoms with E-state index in [2.05, 4.69) is 63.3 Å². The van der Waals surface area contributed by atoms with Gasteiger partial charge in [0.05, 0.1) is 13.2 Å². The Balaban J connectivity index is 2.40.